The first kappa shape index (κ1) is 39.5. The summed E-state index contributed by atoms with van der Waals surface area (Å²) >= 11 is 0. The molecule has 294 valence electrons. The Bertz CT molecular complexity index is 2150. The molecule has 0 saturated heterocycles. The highest BCUT2D eigenvalue weighted by atomic mass is 16.5. The third-order valence-electron chi connectivity index (χ3n) is 10.0. The largest absolute Gasteiger partial charge is 0.496 e. The van der Waals surface area contributed by atoms with Crippen molar-refractivity contribution >= 4 is 47.1 Å². The number of carbonyl (C=O) groups is 6. The number of aryl methyl sites for hydroxylation is 1. The zero-order valence-corrected chi connectivity index (χ0v) is 31.5. The quantitative estimate of drug-likeness (QED) is 0.103. The summed E-state index contributed by atoms with van der Waals surface area (Å²) in [5, 5.41) is 8.44. The second-order valence-corrected chi connectivity index (χ2v) is 13.6. The van der Waals surface area contributed by atoms with Crippen molar-refractivity contribution in [3.8, 4) is 22.6 Å². The number of hydrogen-bond donors (Lipinski definition) is 3. The fourth-order valence-corrected chi connectivity index (χ4v) is 7.20. The minimum Gasteiger partial charge on any atom is -0.496 e. The van der Waals surface area contributed by atoms with Gasteiger partial charge in [0.05, 0.1) is 64.1 Å². The minimum absolute atomic E-state index is 0.0735. The van der Waals surface area contributed by atoms with Crippen LogP contribution in [0.1, 0.15) is 69.5 Å². The average Bonchev–Trinajstić information content (AvgIpc) is 3.78. The molecule has 1 fully saturated rings. The number of pyridine rings is 1. The van der Waals surface area contributed by atoms with Crippen LogP contribution in [0.2, 0.25) is 0 Å². The van der Waals surface area contributed by atoms with Crippen LogP contribution in [0.25, 0.3) is 11.1 Å². The predicted octanol–water partition coefficient (Wildman–Crippen LogP) is 1.97. The summed E-state index contributed by atoms with van der Waals surface area (Å²) in [6.45, 7) is 1.10. The van der Waals surface area contributed by atoms with Crippen LogP contribution in [0.4, 0.5) is 5.69 Å². The topological polar surface area (TPSA) is 204 Å². The van der Waals surface area contributed by atoms with Crippen LogP contribution in [0, 0.1) is 0 Å². The van der Waals surface area contributed by atoms with E-state index in [0.717, 1.165) is 27.2 Å². The number of ether oxygens (including phenoxy) is 3. The summed E-state index contributed by atoms with van der Waals surface area (Å²) in [7, 11) is 4.87. The predicted molar refractivity (Wildman–Crippen MR) is 204 cm³/mol. The molecule has 16 nitrogen and oxygen atoms in total. The van der Waals surface area contributed by atoms with Gasteiger partial charge < -0.3 is 34.7 Å². The average molecular weight is 769 g/mol. The second kappa shape index (κ2) is 17.5. The van der Waals surface area contributed by atoms with Crippen molar-refractivity contribution in [1.82, 2.24) is 20.1 Å². The van der Waals surface area contributed by atoms with Gasteiger partial charge in [0.1, 0.15) is 17.3 Å². The fourth-order valence-electron chi connectivity index (χ4n) is 7.20. The van der Waals surface area contributed by atoms with E-state index in [4.69, 9.17) is 14.2 Å². The minimum atomic E-state index is -0.980. The molecule has 3 heterocycles. The zero-order chi connectivity index (χ0) is 39.9. The highest BCUT2D eigenvalue weighted by Gasteiger charge is 2.45. The van der Waals surface area contributed by atoms with E-state index < -0.39 is 23.6 Å². The Morgan fingerprint density at radius 3 is 2.34 bits per heavy atom. The summed E-state index contributed by atoms with van der Waals surface area (Å²) in [6.07, 6.45) is 4.77. The van der Waals surface area contributed by atoms with E-state index in [9.17, 15) is 33.6 Å². The number of benzene rings is 2. The molecule has 1 aromatic heterocycles. The molecule has 56 heavy (non-hydrogen) atoms. The smallest absolute Gasteiger partial charge is 0.264 e. The molecular formula is C40H44N6O10. The van der Waals surface area contributed by atoms with Gasteiger partial charge >= 0.3 is 0 Å². The molecule has 3 aliphatic rings. The number of anilines is 1. The zero-order valence-electron chi connectivity index (χ0n) is 31.5. The normalized spacial score (nSPS) is 15.8. The third kappa shape index (κ3) is 8.39. The van der Waals surface area contributed by atoms with E-state index >= 15 is 0 Å². The van der Waals surface area contributed by atoms with Crippen molar-refractivity contribution < 1.29 is 43.0 Å². The molecule has 3 aromatic rings. The number of hydrogen-bond acceptors (Lipinski definition) is 12. The van der Waals surface area contributed by atoms with Crippen LogP contribution in [0.5, 0.6) is 11.5 Å². The first-order valence-corrected chi connectivity index (χ1v) is 18.4. The highest BCUT2D eigenvalue weighted by Crippen LogP contribution is 2.38. The lowest BCUT2D eigenvalue weighted by Gasteiger charge is -2.27. The van der Waals surface area contributed by atoms with Gasteiger partial charge in [-0.2, -0.15) is 0 Å². The Kier molecular flexibility index (Phi) is 12.4. The Labute approximate surface area is 322 Å². The Morgan fingerprint density at radius 1 is 0.929 bits per heavy atom. The number of carbonyl (C=O) groups excluding carboxylic acids is 6. The van der Waals surface area contributed by atoms with Gasteiger partial charge in [-0.05, 0) is 49.1 Å². The Balaban J connectivity index is 0.890. The number of ketones is 2. The van der Waals surface area contributed by atoms with Crippen LogP contribution in [-0.4, -0.2) is 104 Å². The van der Waals surface area contributed by atoms with Crippen LogP contribution >= 0.6 is 0 Å². The van der Waals surface area contributed by atoms with E-state index in [2.05, 4.69) is 20.9 Å². The maximum Gasteiger partial charge on any atom is 0.264 e. The molecule has 1 saturated carbocycles. The number of imide groups is 1. The van der Waals surface area contributed by atoms with Gasteiger partial charge in [0.15, 0.2) is 5.78 Å². The van der Waals surface area contributed by atoms with Crippen molar-refractivity contribution in [1.29, 1.82) is 0 Å². The van der Waals surface area contributed by atoms with Crippen molar-refractivity contribution in [2.75, 3.05) is 52.4 Å². The molecule has 3 N–H and O–H groups in total. The molecule has 1 unspecified atom stereocenters. The van der Waals surface area contributed by atoms with Crippen LogP contribution in [-0.2, 0) is 43.9 Å². The molecule has 1 atom stereocenters. The summed E-state index contributed by atoms with van der Waals surface area (Å²) in [4.78, 5) is 93.2. The number of amides is 4. The SMILES string of the molecule is COc1cc(-c2cn(C)c(=O)c3c2C=NC3)cc(OC)c1CCCC(=O)NCCOCCNC(=O)CNc1cccc2c1C(=O)N(C1CCC(=O)CC1=O)C2=O. The summed E-state index contributed by atoms with van der Waals surface area (Å²) in [5.74, 6) is -1.17. The Hall–Kier alpha value is -6.16. The van der Waals surface area contributed by atoms with Gasteiger partial charge in [0.2, 0.25) is 11.8 Å². The first-order chi connectivity index (χ1) is 27.0. The standard InChI is InChI=1S/C40H44N6O10/c1-45-22-29(27-19-41-20-28(27)38(45)51)23-16-33(54-2)25(34(17-23)55-3)6-5-9-35(49)42-12-14-56-15-13-43-36(50)21-44-30-8-4-7-26-37(30)40(53)46(39(26)52)31-11-10-24(47)18-32(31)48/h4,7-8,16-17,19,22,31,44H,5-6,9-15,18,20-21H2,1-3H3,(H,42,49)(H,43,50). The molecule has 2 aromatic carbocycles. The van der Waals surface area contributed by atoms with Gasteiger partial charge in [0, 0.05) is 73.3 Å². The van der Waals surface area contributed by atoms with E-state index in [1.54, 1.807) is 50.4 Å². The van der Waals surface area contributed by atoms with Crippen molar-refractivity contribution in [3.63, 3.8) is 0 Å². The van der Waals surface area contributed by atoms with E-state index in [1.807, 2.05) is 12.1 Å². The van der Waals surface area contributed by atoms with Gasteiger partial charge in [-0.1, -0.05) is 6.07 Å². The lowest BCUT2D eigenvalue weighted by molar-refractivity contribution is -0.132. The summed E-state index contributed by atoms with van der Waals surface area (Å²) < 4.78 is 18.5. The number of Topliss-reactive ketones (excluding diaryl/α,β-unsaturated/α-hetero) is 2. The van der Waals surface area contributed by atoms with Crippen molar-refractivity contribution in [2.24, 2.45) is 12.0 Å². The molecule has 0 radical (unpaired) electrons. The van der Waals surface area contributed by atoms with Crippen LogP contribution in [0.3, 0.4) is 0 Å². The highest BCUT2D eigenvalue weighted by molar-refractivity contribution is 6.25. The molecule has 1 aliphatic carbocycles. The van der Waals surface area contributed by atoms with Gasteiger partial charge in [-0.3, -0.25) is 43.5 Å². The maximum atomic E-state index is 13.3. The van der Waals surface area contributed by atoms with Gasteiger partial charge in [0.25, 0.3) is 17.4 Å². The molecule has 0 spiro atoms. The van der Waals surface area contributed by atoms with Gasteiger partial charge in [-0.15, -0.1) is 0 Å². The van der Waals surface area contributed by atoms with Crippen molar-refractivity contribution in [2.45, 2.75) is 51.1 Å². The number of rotatable bonds is 17. The number of methoxy groups -OCH3 is 2. The molecule has 16 heteroatoms. The molecule has 6 rings (SSSR count). The summed E-state index contributed by atoms with van der Waals surface area (Å²) in [5.41, 5.74) is 4.39. The first-order valence-electron chi connectivity index (χ1n) is 18.4. The molecular weight excluding hydrogens is 724 g/mol. The lowest BCUT2D eigenvalue weighted by Crippen LogP contribution is -2.47. The van der Waals surface area contributed by atoms with E-state index in [1.165, 1.54) is 6.07 Å². The number of aromatic nitrogens is 1. The number of aliphatic imine (C=N–C) groups is 1. The molecule has 2 aliphatic heterocycles. The van der Waals surface area contributed by atoms with Crippen LogP contribution < -0.4 is 31.0 Å². The molecule has 4 amide bonds. The van der Waals surface area contributed by atoms with Crippen molar-refractivity contribution in [3.05, 3.63) is 74.7 Å². The number of nitrogens with one attached hydrogen (secondary N) is 3. The van der Waals surface area contributed by atoms with E-state index in [0.29, 0.717) is 36.4 Å². The fraction of sp³-hybridized carbons (Fsp3) is 0.400. The Morgan fingerprint density at radius 2 is 1.64 bits per heavy atom. The number of fused-ring (bicyclic) bond motifs is 2. The second-order valence-electron chi connectivity index (χ2n) is 13.6. The van der Waals surface area contributed by atoms with Gasteiger partial charge in [-0.25, -0.2) is 0 Å². The van der Waals surface area contributed by atoms with Crippen LogP contribution in [0.15, 0.2) is 46.3 Å². The maximum absolute atomic E-state index is 13.3. The molecule has 0 bridgehead atoms. The summed E-state index contributed by atoms with van der Waals surface area (Å²) in [6, 6.07) is 7.48. The monoisotopic (exact) mass is 768 g/mol. The third-order valence-corrected chi connectivity index (χ3v) is 10.0. The van der Waals surface area contributed by atoms with E-state index in [-0.39, 0.29) is 98.5 Å². The lowest BCUT2D eigenvalue weighted by atomic mass is 9.92. The number of nitrogens with zero attached hydrogens (tertiary/aromatic N) is 3.